The molecule has 0 aliphatic carbocycles. The van der Waals surface area contributed by atoms with Crippen LogP contribution < -0.4 is 20.9 Å². The van der Waals surface area contributed by atoms with Crippen molar-refractivity contribution in [2.24, 2.45) is 0 Å². The van der Waals surface area contributed by atoms with Crippen LogP contribution in [0.15, 0.2) is 28.8 Å². The number of nitrogens with one attached hydrogen (secondary N) is 3. The van der Waals surface area contributed by atoms with E-state index in [4.69, 9.17) is 44.3 Å². The smallest absolute Gasteiger partial charge is 0.253 e. The topological polar surface area (TPSA) is 135 Å². The molecule has 9 nitrogen and oxygen atoms in total. The number of hydrogen-bond donors (Lipinski definition) is 4. The van der Waals surface area contributed by atoms with Crippen LogP contribution in [0.3, 0.4) is 0 Å². The number of aryl methyl sites for hydroxylation is 1. The lowest BCUT2D eigenvalue weighted by atomic mass is 10.1. The number of nitrogen functional groups attached to an aromatic ring is 1. The summed E-state index contributed by atoms with van der Waals surface area (Å²) in [5.74, 6) is -0.0345. The maximum Gasteiger partial charge on any atom is 0.253 e. The first-order valence-corrected chi connectivity index (χ1v) is 10.6. The van der Waals surface area contributed by atoms with E-state index in [0.717, 1.165) is 30.3 Å². The second-order valence-corrected chi connectivity index (χ2v) is 8.32. The summed E-state index contributed by atoms with van der Waals surface area (Å²) in [7, 11) is 0. The van der Waals surface area contributed by atoms with E-state index in [1.807, 2.05) is 13.0 Å². The molecule has 1 fully saturated rings. The maximum absolute atomic E-state index is 12.8. The lowest BCUT2D eigenvalue weighted by Gasteiger charge is -2.20. The highest BCUT2D eigenvalue weighted by molar-refractivity contribution is 6.37. The molecular weight excluding hydrogens is 453 g/mol. The zero-order chi connectivity index (χ0) is 23.0. The Bertz CT molecular complexity index is 1220. The zero-order valence-corrected chi connectivity index (χ0v) is 18.7. The first-order chi connectivity index (χ1) is 15.3. The quantitative estimate of drug-likeness (QED) is 0.314. The standard InChI is InChI=1S/C21H21Cl2N7O2/c1-11-6-16(19-17(18(11)23)20(26)28-32-19)29-5-4-12(8-29)27-21(31)14-3-2-13(7-15(14)22)30(9-24)10-25/h2-3,6-7,9-10,12,24-25H,4-5,8H2,1H3,(H2,26,28)(H,27,31)/t12-/m1/s1. The number of halogens is 2. The summed E-state index contributed by atoms with van der Waals surface area (Å²) in [5.41, 5.74) is 9.02. The molecule has 2 heterocycles. The van der Waals surface area contributed by atoms with Gasteiger partial charge in [-0.3, -0.25) is 20.5 Å². The second-order valence-electron chi connectivity index (χ2n) is 7.53. The SMILES string of the molecule is Cc1cc(N2CC[C@@H](NC(=O)c3ccc(N(C=N)C=N)cc3Cl)C2)c2onc(N)c2c1Cl. The van der Waals surface area contributed by atoms with E-state index >= 15 is 0 Å². The van der Waals surface area contributed by atoms with Crippen LogP contribution in [0.1, 0.15) is 22.3 Å². The van der Waals surface area contributed by atoms with Crippen molar-refractivity contribution in [2.45, 2.75) is 19.4 Å². The number of carbonyl (C=O) groups excluding carboxylic acids is 1. The van der Waals surface area contributed by atoms with Crippen LogP contribution in [0, 0.1) is 17.7 Å². The van der Waals surface area contributed by atoms with Gasteiger partial charge in [-0.05, 0) is 43.2 Å². The average molecular weight is 474 g/mol. The number of nitrogens with two attached hydrogens (primary N) is 1. The number of benzene rings is 2. The molecule has 4 rings (SSSR count). The zero-order valence-electron chi connectivity index (χ0n) is 17.2. The summed E-state index contributed by atoms with van der Waals surface area (Å²) in [6.45, 7) is 3.19. The van der Waals surface area contributed by atoms with Gasteiger partial charge in [0.05, 0.1) is 39.4 Å². The predicted octanol–water partition coefficient (Wildman–Crippen LogP) is 4.05. The third kappa shape index (κ3) is 3.85. The van der Waals surface area contributed by atoms with E-state index in [2.05, 4.69) is 15.4 Å². The summed E-state index contributed by atoms with van der Waals surface area (Å²) in [5, 5.41) is 22.9. The molecule has 1 aromatic heterocycles. The highest BCUT2D eigenvalue weighted by Gasteiger charge is 2.28. The Morgan fingerprint density at radius 1 is 1.34 bits per heavy atom. The van der Waals surface area contributed by atoms with E-state index in [1.165, 1.54) is 4.90 Å². The summed E-state index contributed by atoms with van der Waals surface area (Å²) < 4.78 is 5.44. The van der Waals surface area contributed by atoms with E-state index in [0.29, 0.717) is 40.3 Å². The fourth-order valence-electron chi connectivity index (χ4n) is 3.85. The molecule has 1 amide bonds. The Kier molecular flexibility index (Phi) is 5.94. The molecule has 0 radical (unpaired) electrons. The molecule has 11 heteroatoms. The highest BCUT2D eigenvalue weighted by atomic mass is 35.5. The minimum atomic E-state index is -0.286. The third-order valence-electron chi connectivity index (χ3n) is 5.51. The first-order valence-electron chi connectivity index (χ1n) is 9.83. The molecule has 166 valence electrons. The Morgan fingerprint density at radius 3 is 2.78 bits per heavy atom. The largest absolute Gasteiger partial charge is 0.380 e. The normalized spacial score (nSPS) is 15.7. The number of nitrogens with zero attached hydrogens (tertiary/aromatic N) is 3. The minimum absolute atomic E-state index is 0.0933. The molecule has 0 spiro atoms. The second kappa shape index (κ2) is 8.68. The van der Waals surface area contributed by atoms with Gasteiger partial charge in [0.2, 0.25) is 0 Å². The molecule has 1 aliphatic heterocycles. The van der Waals surface area contributed by atoms with Gasteiger partial charge in [0.25, 0.3) is 5.91 Å². The van der Waals surface area contributed by atoms with Crippen molar-refractivity contribution in [3.05, 3.63) is 45.4 Å². The first kappa shape index (κ1) is 21.9. The van der Waals surface area contributed by atoms with Gasteiger partial charge >= 0.3 is 0 Å². The van der Waals surface area contributed by atoms with E-state index < -0.39 is 0 Å². The number of anilines is 3. The number of carbonyl (C=O) groups is 1. The van der Waals surface area contributed by atoms with Crippen LogP contribution in [0.4, 0.5) is 17.2 Å². The molecule has 3 aromatic rings. The molecule has 2 aromatic carbocycles. The van der Waals surface area contributed by atoms with Crippen LogP contribution >= 0.6 is 23.2 Å². The van der Waals surface area contributed by atoms with E-state index in [-0.39, 0.29) is 22.8 Å². The van der Waals surface area contributed by atoms with Crippen LogP contribution in [0.5, 0.6) is 0 Å². The number of aromatic nitrogens is 1. The summed E-state index contributed by atoms with van der Waals surface area (Å²) in [6.07, 6.45) is 2.72. The van der Waals surface area contributed by atoms with Crippen molar-refractivity contribution in [2.75, 3.05) is 28.6 Å². The van der Waals surface area contributed by atoms with Crippen LogP contribution in [0.25, 0.3) is 11.0 Å². The Balaban J connectivity index is 1.50. The van der Waals surface area contributed by atoms with Crippen molar-refractivity contribution in [3.63, 3.8) is 0 Å². The van der Waals surface area contributed by atoms with E-state index in [9.17, 15) is 4.79 Å². The van der Waals surface area contributed by atoms with Gasteiger partial charge in [-0.1, -0.05) is 28.4 Å². The van der Waals surface area contributed by atoms with Crippen molar-refractivity contribution >= 4 is 69.9 Å². The molecule has 5 N–H and O–H groups in total. The van der Waals surface area contributed by atoms with E-state index in [1.54, 1.807) is 18.2 Å². The van der Waals surface area contributed by atoms with Gasteiger partial charge in [0.15, 0.2) is 11.4 Å². The van der Waals surface area contributed by atoms with Crippen molar-refractivity contribution in [3.8, 4) is 0 Å². The number of rotatable bonds is 6. The van der Waals surface area contributed by atoms with Crippen LogP contribution in [-0.4, -0.2) is 42.9 Å². The van der Waals surface area contributed by atoms with Crippen molar-refractivity contribution in [1.82, 2.24) is 10.5 Å². The molecule has 1 saturated heterocycles. The number of fused-ring (bicyclic) bond motifs is 1. The fraction of sp³-hybridized carbons (Fsp3) is 0.238. The molecule has 1 atom stereocenters. The van der Waals surface area contributed by atoms with Gasteiger partial charge < -0.3 is 20.5 Å². The molecule has 1 aliphatic rings. The molecule has 32 heavy (non-hydrogen) atoms. The monoisotopic (exact) mass is 473 g/mol. The van der Waals surface area contributed by atoms with Gasteiger partial charge in [-0.25, -0.2) is 0 Å². The van der Waals surface area contributed by atoms with Gasteiger partial charge in [-0.15, -0.1) is 0 Å². The highest BCUT2D eigenvalue weighted by Crippen LogP contribution is 2.39. The van der Waals surface area contributed by atoms with Gasteiger partial charge in [0, 0.05) is 24.8 Å². The third-order valence-corrected chi connectivity index (χ3v) is 6.31. The fourth-order valence-corrected chi connectivity index (χ4v) is 4.35. The Hall–Kier alpha value is -3.30. The Labute approximate surface area is 194 Å². The predicted molar refractivity (Wildman–Crippen MR) is 128 cm³/mol. The molecule has 0 unspecified atom stereocenters. The number of amides is 1. The molecule has 0 bridgehead atoms. The lowest BCUT2D eigenvalue weighted by molar-refractivity contribution is 0.0940. The maximum atomic E-state index is 12.8. The summed E-state index contributed by atoms with van der Waals surface area (Å²) in [6, 6.07) is 6.62. The Morgan fingerprint density at radius 2 is 2.09 bits per heavy atom. The van der Waals surface area contributed by atoms with Crippen LogP contribution in [-0.2, 0) is 0 Å². The van der Waals surface area contributed by atoms with Crippen LogP contribution in [0.2, 0.25) is 10.0 Å². The average Bonchev–Trinajstić information content (AvgIpc) is 3.38. The lowest BCUT2D eigenvalue weighted by Crippen LogP contribution is -2.37. The summed E-state index contributed by atoms with van der Waals surface area (Å²) in [4.78, 5) is 16.2. The van der Waals surface area contributed by atoms with Gasteiger partial charge in [0.1, 0.15) is 0 Å². The van der Waals surface area contributed by atoms with Crippen molar-refractivity contribution < 1.29 is 9.32 Å². The molecular formula is C21H21Cl2N7O2. The van der Waals surface area contributed by atoms with Crippen molar-refractivity contribution in [1.29, 1.82) is 10.8 Å². The number of hydrogen-bond acceptors (Lipinski definition) is 7. The minimum Gasteiger partial charge on any atom is -0.380 e. The summed E-state index contributed by atoms with van der Waals surface area (Å²) >= 11 is 12.7. The van der Waals surface area contributed by atoms with Gasteiger partial charge in [-0.2, -0.15) is 0 Å². The molecule has 0 saturated carbocycles.